The third-order valence-electron chi connectivity index (χ3n) is 12.4. The Morgan fingerprint density at radius 2 is 1.65 bits per heavy atom. The van der Waals surface area contributed by atoms with Crippen LogP contribution in [0.2, 0.25) is 0 Å². The summed E-state index contributed by atoms with van der Waals surface area (Å²) in [6, 6.07) is 16.2. The number of phenolic OH excluding ortho intramolecular Hbond substituents is 1. The number of azo groups is 1. The van der Waals surface area contributed by atoms with Gasteiger partial charge in [-0.15, -0.1) is 5.11 Å². The Labute approximate surface area is 276 Å². The second-order valence-electron chi connectivity index (χ2n) is 15.6. The summed E-state index contributed by atoms with van der Waals surface area (Å²) in [7, 11) is 0. The van der Waals surface area contributed by atoms with E-state index in [2.05, 4.69) is 50.9 Å². The van der Waals surface area contributed by atoms with Crippen molar-refractivity contribution in [3.63, 3.8) is 0 Å². The molecule has 0 radical (unpaired) electrons. The van der Waals surface area contributed by atoms with Crippen LogP contribution in [-0.4, -0.2) is 22.5 Å². The van der Waals surface area contributed by atoms with Crippen LogP contribution in [0.1, 0.15) is 105 Å². The van der Waals surface area contributed by atoms with Crippen molar-refractivity contribution in [3.8, 4) is 5.75 Å². The average molecular weight is 629 g/mol. The molecule has 3 fully saturated rings. The van der Waals surface area contributed by atoms with Gasteiger partial charge in [-0.2, -0.15) is 5.11 Å². The molecule has 4 aliphatic rings. The summed E-state index contributed by atoms with van der Waals surface area (Å²) in [5, 5.41) is 26.4. The molecule has 0 heterocycles. The topological polar surface area (TPSA) is 91.5 Å². The minimum atomic E-state index is -1.11. The number of carboxylic acid groups (broad SMARTS) is 1. The highest BCUT2D eigenvalue weighted by Crippen LogP contribution is 2.67. The number of hydrogen-bond acceptors (Lipinski definition) is 5. The van der Waals surface area contributed by atoms with E-state index < -0.39 is 6.16 Å². The number of fused-ring (bicyclic) bond motifs is 5. The summed E-state index contributed by atoms with van der Waals surface area (Å²) in [6.45, 7) is 12.4. The summed E-state index contributed by atoms with van der Waals surface area (Å²) < 4.78 is 5.17. The molecule has 8 atom stereocenters. The molecule has 0 aliphatic heterocycles. The summed E-state index contributed by atoms with van der Waals surface area (Å²) in [4.78, 5) is 11.0. The first-order valence-electron chi connectivity index (χ1n) is 17.8. The Morgan fingerprint density at radius 1 is 0.913 bits per heavy atom. The maximum atomic E-state index is 11.0. The Morgan fingerprint density at radius 3 is 2.37 bits per heavy atom. The molecule has 0 amide bonds. The van der Waals surface area contributed by atoms with Crippen LogP contribution >= 0.6 is 0 Å². The van der Waals surface area contributed by atoms with Crippen LogP contribution in [0.4, 0.5) is 16.2 Å². The van der Waals surface area contributed by atoms with Crippen LogP contribution in [0.3, 0.4) is 0 Å². The fourth-order valence-corrected chi connectivity index (χ4v) is 10.1. The Kier molecular flexibility index (Phi) is 11.0. The standard InChI is InChI=1S/C28H46O3.C12H10N2O/c1-18(2)7-6-8-19(3)23-11-12-24-22-10-9-20-17-21(31-26(29)30)13-15-27(20,4)25(22)14-16-28(23,24)5;15-12-9-5-4-8-11(12)14-13-10-6-2-1-3-7-10/h9,18-19,21-25H,6-8,10-17H2,1-5H3,(H,29,30);1-9,15H/b;14-13+/t19-,21+,22+,23-,24+,25+,27+,28-;/m1./s1. The van der Waals surface area contributed by atoms with E-state index in [1.165, 1.54) is 56.9 Å². The van der Waals surface area contributed by atoms with Crippen molar-refractivity contribution in [1.29, 1.82) is 0 Å². The summed E-state index contributed by atoms with van der Waals surface area (Å²) in [6.07, 6.45) is 15.1. The number of phenols is 1. The number of hydrogen-bond donors (Lipinski definition) is 2. The van der Waals surface area contributed by atoms with Gasteiger partial charge in [0, 0.05) is 6.42 Å². The van der Waals surface area contributed by atoms with Crippen molar-refractivity contribution in [2.24, 2.45) is 56.6 Å². The largest absolute Gasteiger partial charge is 0.506 e. The summed E-state index contributed by atoms with van der Waals surface area (Å²) in [5.41, 5.74) is 3.54. The highest BCUT2D eigenvalue weighted by molar-refractivity contribution is 5.57. The van der Waals surface area contributed by atoms with Gasteiger partial charge >= 0.3 is 6.16 Å². The fourth-order valence-electron chi connectivity index (χ4n) is 10.1. The van der Waals surface area contributed by atoms with Crippen LogP contribution < -0.4 is 0 Å². The van der Waals surface area contributed by atoms with E-state index in [1.807, 2.05) is 30.3 Å². The van der Waals surface area contributed by atoms with Crippen molar-refractivity contribution in [3.05, 3.63) is 66.2 Å². The van der Waals surface area contributed by atoms with Gasteiger partial charge in [-0.25, -0.2) is 4.79 Å². The highest BCUT2D eigenvalue weighted by atomic mass is 16.7. The molecule has 6 nitrogen and oxygen atoms in total. The lowest BCUT2D eigenvalue weighted by Crippen LogP contribution is -2.51. The number of aromatic hydroxyl groups is 1. The first-order chi connectivity index (χ1) is 22.0. The van der Waals surface area contributed by atoms with Crippen molar-refractivity contribution in [2.45, 2.75) is 111 Å². The third kappa shape index (κ3) is 7.52. The molecule has 2 aromatic rings. The summed E-state index contributed by atoms with van der Waals surface area (Å²) in [5.74, 6) is 5.23. The van der Waals surface area contributed by atoms with E-state index in [4.69, 9.17) is 9.84 Å². The van der Waals surface area contributed by atoms with Crippen molar-refractivity contribution >= 4 is 17.5 Å². The minimum absolute atomic E-state index is 0.134. The van der Waals surface area contributed by atoms with Crippen LogP contribution in [0.5, 0.6) is 5.75 Å². The lowest BCUT2D eigenvalue weighted by molar-refractivity contribution is -0.0601. The van der Waals surface area contributed by atoms with Gasteiger partial charge in [0.25, 0.3) is 0 Å². The van der Waals surface area contributed by atoms with Gasteiger partial charge in [0.05, 0.1) is 5.69 Å². The number of para-hydroxylation sites is 1. The molecule has 4 aliphatic carbocycles. The van der Waals surface area contributed by atoms with Crippen molar-refractivity contribution < 1.29 is 19.7 Å². The van der Waals surface area contributed by atoms with E-state index in [0.717, 1.165) is 60.5 Å². The van der Waals surface area contributed by atoms with E-state index in [0.29, 0.717) is 11.1 Å². The zero-order valence-electron chi connectivity index (χ0n) is 28.7. The lowest BCUT2D eigenvalue weighted by Gasteiger charge is -2.58. The van der Waals surface area contributed by atoms with Crippen LogP contribution in [0.15, 0.2) is 76.5 Å². The number of carbonyl (C=O) groups is 1. The molecule has 2 N–H and O–H groups in total. The Hall–Kier alpha value is -3.15. The molecule has 0 saturated heterocycles. The van der Waals surface area contributed by atoms with E-state index in [9.17, 15) is 9.90 Å². The molecule has 46 heavy (non-hydrogen) atoms. The first-order valence-corrected chi connectivity index (χ1v) is 17.8. The fraction of sp³-hybridized carbons (Fsp3) is 0.625. The van der Waals surface area contributed by atoms with E-state index in [-0.39, 0.29) is 17.3 Å². The molecule has 0 bridgehead atoms. The van der Waals surface area contributed by atoms with Gasteiger partial charge in [0.15, 0.2) is 0 Å². The van der Waals surface area contributed by atoms with Crippen LogP contribution in [-0.2, 0) is 4.74 Å². The molecular weight excluding hydrogens is 572 g/mol. The second kappa shape index (κ2) is 14.7. The van der Waals surface area contributed by atoms with Gasteiger partial charge in [0.1, 0.15) is 17.5 Å². The number of rotatable bonds is 8. The van der Waals surface area contributed by atoms with E-state index >= 15 is 0 Å². The zero-order chi connectivity index (χ0) is 32.9. The van der Waals surface area contributed by atoms with Crippen LogP contribution in [0.25, 0.3) is 0 Å². The number of benzene rings is 2. The highest BCUT2D eigenvalue weighted by Gasteiger charge is 2.59. The quantitative estimate of drug-likeness (QED) is 0.173. The van der Waals surface area contributed by atoms with Crippen molar-refractivity contribution in [1.82, 2.24) is 0 Å². The average Bonchev–Trinajstić information content (AvgIpc) is 3.38. The first kappa shape index (κ1) is 34.2. The Bertz CT molecular complexity index is 1370. The number of nitrogens with zero attached hydrogens (tertiary/aromatic N) is 2. The molecule has 250 valence electrons. The molecular formula is C40H56N2O4. The van der Waals surface area contributed by atoms with Gasteiger partial charge in [-0.3, -0.25) is 0 Å². The maximum Gasteiger partial charge on any atom is 0.506 e. The molecule has 0 spiro atoms. The molecule has 0 aromatic heterocycles. The minimum Gasteiger partial charge on any atom is -0.506 e. The summed E-state index contributed by atoms with van der Waals surface area (Å²) >= 11 is 0. The van der Waals surface area contributed by atoms with Gasteiger partial charge in [0.2, 0.25) is 0 Å². The monoisotopic (exact) mass is 628 g/mol. The predicted molar refractivity (Wildman–Crippen MR) is 185 cm³/mol. The number of ether oxygens (including phenoxy) is 1. The van der Waals surface area contributed by atoms with Crippen molar-refractivity contribution in [2.75, 3.05) is 0 Å². The predicted octanol–water partition coefficient (Wildman–Crippen LogP) is 11.9. The van der Waals surface area contributed by atoms with E-state index in [1.54, 1.807) is 24.3 Å². The van der Waals surface area contributed by atoms with Gasteiger partial charge in [-0.05, 0) is 116 Å². The Balaban J connectivity index is 0.000000232. The third-order valence-corrected chi connectivity index (χ3v) is 12.4. The van der Waals surface area contributed by atoms with Gasteiger partial charge < -0.3 is 14.9 Å². The molecule has 0 unspecified atom stereocenters. The number of allylic oxidation sites excluding steroid dienone is 1. The second-order valence-corrected chi connectivity index (χ2v) is 15.6. The molecule has 6 heteroatoms. The molecule has 3 saturated carbocycles. The molecule has 2 aromatic carbocycles. The maximum absolute atomic E-state index is 11.0. The lowest BCUT2D eigenvalue weighted by atomic mass is 9.47. The normalized spacial score (nSPS) is 32.4. The van der Waals surface area contributed by atoms with Crippen LogP contribution in [0, 0.1) is 46.3 Å². The smallest absolute Gasteiger partial charge is 0.506 e. The molecule has 6 rings (SSSR count). The SMILES string of the molecule is CC(C)CCC[C@@H](C)[C@H]1CC[C@H]2[C@@H]3CC=C4C[C@@H](OC(=O)O)CC[C@]4(C)[C@H]3CC[C@]12C.Oc1ccccc1/N=N/c1ccccc1. The zero-order valence-corrected chi connectivity index (χ0v) is 28.7. The van der Waals surface area contributed by atoms with Gasteiger partial charge in [-0.1, -0.05) is 95.9 Å².